The van der Waals surface area contributed by atoms with E-state index in [0.29, 0.717) is 50.3 Å². The molecule has 0 spiro atoms. The van der Waals surface area contributed by atoms with Crippen LogP contribution >= 0.6 is 0 Å². The number of cyclic esters (lactones) is 1. The lowest BCUT2D eigenvalue weighted by molar-refractivity contribution is -0.143. The smallest absolute Gasteiger partial charge is 0.414 e. The Balaban J connectivity index is 1.34. The number of aliphatic carboxylic acids is 1. The monoisotopic (exact) mass is 450 g/mol. The maximum absolute atomic E-state index is 12.4. The molecule has 2 aliphatic heterocycles. The zero-order valence-corrected chi connectivity index (χ0v) is 18.1. The number of carbonyl (C=O) groups is 3. The van der Waals surface area contributed by atoms with Gasteiger partial charge in [0.05, 0.1) is 18.2 Å². The summed E-state index contributed by atoms with van der Waals surface area (Å²) in [7, 11) is 0. The van der Waals surface area contributed by atoms with Crippen LogP contribution < -0.4 is 10.3 Å². The van der Waals surface area contributed by atoms with Gasteiger partial charge in [-0.1, -0.05) is 30.3 Å². The molecule has 9 nitrogen and oxygen atoms in total. The van der Waals surface area contributed by atoms with E-state index >= 15 is 0 Å². The van der Waals surface area contributed by atoms with Crippen molar-refractivity contribution in [2.24, 2.45) is 11.0 Å². The number of likely N-dealkylation sites (tertiary alicyclic amines) is 1. The summed E-state index contributed by atoms with van der Waals surface area (Å²) in [5.74, 6) is -1.32. The summed E-state index contributed by atoms with van der Waals surface area (Å²) in [6.07, 6.45) is 2.38. The number of carboxylic acid groups (broad SMARTS) is 1. The summed E-state index contributed by atoms with van der Waals surface area (Å²) in [6, 6.07) is 15.9. The molecule has 172 valence electrons. The molecule has 2 N–H and O–H groups in total. The minimum atomic E-state index is -0.737. The quantitative estimate of drug-likeness (QED) is 0.495. The van der Waals surface area contributed by atoms with Crippen molar-refractivity contribution >= 4 is 29.9 Å². The first-order valence-electron chi connectivity index (χ1n) is 10.9. The largest absolute Gasteiger partial charge is 0.481 e. The normalized spacial score (nSPS) is 19.6. The molecule has 1 unspecified atom stereocenters. The average molecular weight is 450 g/mol. The zero-order valence-electron chi connectivity index (χ0n) is 18.1. The molecule has 2 fully saturated rings. The fourth-order valence-electron chi connectivity index (χ4n) is 4.11. The number of piperidine rings is 1. The molecular formula is C24H26N4O5. The maximum atomic E-state index is 12.4. The summed E-state index contributed by atoms with van der Waals surface area (Å²) in [6.45, 7) is 2.32. The van der Waals surface area contributed by atoms with Crippen molar-refractivity contribution in [1.29, 1.82) is 0 Å². The Labute approximate surface area is 191 Å². The van der Waals surface area contributed by atoms with Crippen LogP contribution in [0.3, 0.4) is 0 Å². The lowest BCUT2D eigenvalue weighted by Crippen LogP contribution is -2.46. The Kier molecular flexibility index (Phi) is 6.99. The van der Waals surface area contributed by atoms with E-state index in [1.807, 2.05) is 30.3 Å². The molecule has 33 heavy (non-hydrogen) atoms. The van der Waals surface area contributed by atoms with Crippen molar-refractivity contribution in [2.75, 3.05) is 31.1 Å². The zero-order chi connectivity index (χ0) is 23.2. The number of hydrazone groups is 1. The number of carbonyl (C=O) groups excluding carboxylic acids is 2. The van der Waals surface area contributed by atoms with Crippen LogP contribution in [-0.4, -0.2) is 66.5 Å². The Morgan fingerprint density at radius 2 is 1.79 bits per heavy atom. The molecule has 2 heterocycles. The van der Waals surface area contributed by atoms with Crippen molar-refractivity contribution in [2.45, 2.75) is 18.9 Å². The van der Waals surface area contributed by atoms with Gasteiger partial charge in [-0.15, -0.1) is 0 Å². The summed E-state index contributed by atoms with van der Waals surface area (Å²) in [4.78, 5) is 39.4. The average Bonchev–Trinajstić information content (AvgIpc) is 3.20. The highest BCUT2D eigenvalue weighted by atomic mass is 16.6. The molecule has 2 saturated heterocycles. The molecule has 9 heteroatoms. The topological polar surface area (TPSA) is 112 Å². The van der Waals surface area contributed by atoms with Gasteiger partial charge in [0.1, 0.15) is 6.61 Å². The molecule has 0 aliphatic carbocycles. The predicted molar refractivity (Wildman–Crippen MR) is 122 cm³/mol. The highest BCUT2D eigenvalue weighted by Gasteiger charge is 2.36. The van der Waals surface area contributed by atoms with Crippen molar-refractivity contribution in [3.63, 3.8) is 0 Å². The van der Waals surface area contributed by atoms with E-state index in [9.17, 15) is 14.4 Å². The van der Waals surface area contributed by atoms with Gasteiger partial charge in [-0.05, 0) is 55.8 Å². The summed E-state index contributed by atoms with van der Waals surface area (Å²) in [5, 5.41) is 13.2. The Hall–Kier alpha value is -3.72. The van der Waals surface area contributed by atoms with E-state index in [4.69, 9.17) is 9.84 Å². The van der Waals surface area contributed by atoms with Crippen LogP contribution in [0.2, 0.25) is 0 Å². The van der Waals surface area contributed by atoms with Gasteiger partial charge in [-0.25, -0.2) is 10.2 Å². The lowest BCUT2D eigenvalue weighted by Gasteiger charge is -2.33. The van der Waals surface area contributed by atoms with E-state index < -0.39 is 12.1 Å². The lowest BCUT2D eigenvalue weighted by atomic mass is 9.97. The van der Waals surface area contributed by atoms with Crippen LogP contribution in [-0.2, 0) is 9.53 Å². The number of hydrogen-bond acceptors (Lipinski definition) is 6. The second kappa shape index (κ2) is 10.3. The SMILES string of the molecule is O=C(NN=Cc1ccc(N2C(=O)OCC2CN2CCC(C(=O)O)CC2)cc1)c1ccccc1. The van der Waals surface area contributed by atoms with E-state index in [0.717, 1.165) is 5.56 Å². The number of anilines is 1. The van der Waals surface area contributed by atoms with Crippen LogP contribution in [0.15, 0.2) is 59.7 Å². The van der Waals surface area contributed by atoms with Gasteiger partial charge in [-0.3, -0.25) is 14.5 Å². The van der Waals surface area contributed by atoms with Crippen LogP contribution in [0.4, 0.5) is 10.5 Å². The van der Waals surface area contributed by atoms with E-state index in [1.54, 1.807) is 29.2 Å². The van der Waals surface area contributed by atoms with Crippen LogP contribution in [0.1, 0.15) is 28.8 Å². The third kappa shape index (κ3) is 5.56. The number of ether oxygens (including phenoxy) is 1. The van der Waals surface area contributed by atoms with Crippen molar-refractivity contribution in [3.8, 4) is 0 Å². The molecule has 2 aliphatic rings. The van der Waals surface area contributed by atoms with Crippen LogP contribution in [0.5, 0.6) is 0 Å². The third-order valence-corrected chi connectivity index (χ3v) is 5.95. The van der Waals surface area contributed by atoms with Gasteiger partial charge in [0.15, 0.2) is 0 Å². The fraction of sp³-hybridized carbons (Fsp3) is 0.333. The van der Waals surface area contributed by atoms with E-state index in [2.05, 4.69) is 15.4 Å². The first kappa shape index (κ1) is 22.5. The van der Waals surface area contributed by atoms with Gasteiger partial charge < -0.3 is 14.7 Å². The Morgan fingerprint density at radius 1 is 1.09 bits per heavy atom. The number of nitrogens with zero attached hydrogens (tertiary/aromatic N) is 3. The molecular weight excluding hydrogens is 424 g/mol. The first-order valence-corrected chi connectivity index (χ1v) is 10.9. The molecule has 4 rings (SSSR count). The van der Waals surface area contributed by atoms with Gasteiger partial charge >= 0.3 is 12.1 Å². The predicted octanol–water partition coefficient (Wildman–Crippen LogP) is 2.57. The number of nitrogens with one attached hydrogen (secondary N) is 1. The third-order valence-electron chi connectivity index (χ3n) is 5.95. The Bertz CT molecular complexity index is 1020. The molecule has 0 bridgehead atoms. The number of benzene rings is 2. The molecule has 2 aromatic rings. The highest BCUT2D eigenvalue weighted by Crippen LogP contribution is 2.25. The molecule has 2 aromatic carbocycles. The van der Waals surface area contributed by atoms with E-state index in [1.165, 1.54) is 6.21 Å². The van der Waals surface area contributed by atoms with E-state index in [-0.39, 0.29) is 17.9 Å². The molecule has 0 saturated carbocycles. The molecule has 0 radical (unpaired) electrons. The number of rotatable bonds is 7. The minimum Gasteiger partial charge on any atom is -0.481 e. The van der Waals surface area contributed by atoms with Crippen molar-refractivity contribution in [3.05, 3.63) is 65.7 Å². The minimum absolute atomic E-state index is 0.136. The fourth-order valence-corrected chi connectivity index (χ4v) is 4.11. The summed E-state index contributed by atoms with van der Waals surface area (Å²) >= 11 is 0. The van der Waals surface area contributed by atoms with Gasteiger partial charge in [0.25, 0.3) is 5.91 Å². The highest BCUT2D eigenvalue weighted by molar-refractivity contribution is 5.95. The molecule has 2 amide bonds. The van der Waals surface area contributed by atoms with Crippen molar-refractivity contribution < 1.29 is 24.2 Å². The summed E-state index contributed by atoms with van der Waals surface area (Å²) < 4.78 is 5.29. The molecule has 1 atom stereocenters. The summed E-state index contributed by atoms with van der Waals surface area (Å²) in [5.41, 5.74) is 4.50. The second-order valence-electron chi connectivity index (χ2n) is 8.17. The van der Waals surface area contributed by atoms with Gasteiger partial charge in [0.2, 0.25) is 0 Å². The van der Waals surface area contributed by atoms with Crippen LogP contribution in [0.25, 0.3) is 0 Å². The number of carboxylic acids is 1. The van der Waals surface area contributed by atoms with Gasteiger partial charge in [0, 0.05) is 17.8 Å². The maximum Gasteiger partial charge on any atom is 0.414 e. The standard InChI is InChI=1S/C24H26N4O5/c29-22(18-4-2-1-3-5-18)26-25-14-17-6-8-20(9-7-17)28-21(16-33-24(28)32)15-27-12-10-19(11-13-27)23(30)31/h1-9,14,19,21H,10-13,15-16H2,(H,26,29)(H,30,31). The van der Waals surface area contributed by atoms with Crippen LogP contribution in [0, 0.1) is 5.92 Å². The number of hydrogen-bond donors (Lipinski definition) is 2. The van der Waals surface area contributed by atoms with Crippen molar-refractivity contribution in [1.82, 2.24) is 10.3 Å². The molecule has 0 aromatic heterocycles. The first-order chi connectivity index (χ1) is 16.0. The number of amides is 2. The van der Waals surface area contributed by atoms with Gasteiger partial charge in [-0.2, -0.15) is 5.10 Å². The Morgan fingerprint density at radius 3 is 2.45 bits per heavy atom. The second-order valence-corrected chi connectivity index (χ2v) is 8.17.